The number of hydrogen-bond donors (Lipinski definition) is 6. The Morgan fingerprint density at radius 3 is 2.47 bits per heavy atom. The van der Waals surface area contributed by atoms with E-state index in [1.165, 1.54) is 12.1 Å². The fourth-order valence-corrected chi connectivity index (χ4v) is 3.50. The number of hydrogen-bond acceptors (Lipinski definition) is 14. The van der Waals surface area contributed by atoms with Crippen molar-refractivity contribution < 1.29 is 36.0 Å². The van der Waals surface area contributed by atoms with Crippen molar-refractivity contribution in [2.45, 2.75) is 9.79 Å². The highest BCUT2D eigenvalue weighted by molar-refractivity contribution is 7.94. The van der Waals surface area contributed by atoms with Gasteiger partial charge in [-0.2, -0.15) is 23.4 Å². The molecule has 166 valence electrons. The van der Waals surface area contributed by atoms with E-state index in [9.17, 15) is 21.4 Å². The normalized spacial score (nSPS) is 12.0. The minimum atomic E-state index is -4.62. The zero-order chi connectivity index (χ0) is 22.4. The van der Waals surface area contributed by atoms with Crippen molar-refractivity contribution in [3.63, 3.8) is 0 Å². The molecular formula is C12H17N7O8S3. The molecule has 0 atom stereocenters. The molecule has 2 rings (SSSR count). The molecule has 0 saturated heterocycles. The van der Waals surface area contributed by atoms with Gasteiger partial charge in [0.15, 0.2) is 0 Å². The van der Waals surface area contributed by atoms with Crippen molar-refractivity contribution in [2.75, 3.05) is 35.7 Å². The Morgan fingerprint density at radius 2 is 1.83 bits per heavy atom. The summed E-state index contributed by atoms with van der Waals surface area (Å²) in [7, 11) is -7.98. The van der Waals surface area contributed by atoms with Crippen LogP contribution < -0.4 is 21.1 Å². The van der Waals surface area contributed by atoms with E-state index >= 15 is 0 Å². The number of benzene rings is 1. The van der Waals surface area contributed by atoms with Gasteiger partial charge in [-0.05, 0) is 18.2 Å². The topological polar surface area (TPSA) is 228 Å². The Hall–Kier alpha value is -2.32. The Balaban J connectivity index is 2.24. The molecule has 0 spiro atoms. The van der Waals surface area contributed by atoms with Crippen LogP contribution in [0.1, 0.15) is 0 Å². The molecule has 1 aromatic carbocycles. The van der Waals surface area contributed by atoms with Crippen LogP contribution >= 0.6 is 12.0 Å². The highest BCUT2D eigenvalue weighted by atomic mass is 32.2. The molecule has 0 aliphatic heterocycles. The second kappa shape index (κ2) is 10.1. The number of nitrogens with two attached hydrogens (primary N) is 1. The first-order valence-corrected chi connectivity index (χ1v) is 11.8. The molecule has 18 heteroatoms. The van der Waals surface area contributed by atoms with Crippen LogP contribution in [-0.4, -0.2) is 60.9 Å². The number of nitrogens with zero attached hydrogens (tertiary/aromatic N) is 3. The summed E-state index contributed by atoms with van der Waals surface area (Å²) in [5, 5.41) is 17.0. The lowest BCUT2D eigenvalue weighted by atomic mass is 10.3. The third-order valence-corrected chi connectivity index (χ3v) is 5.28. The SMILES string of the molecule is CS(=O)(=O)NCCNc1nc(N)nc(Nc2cc(SOOO)ccc2S(=O)(=O)O)n1. The average Bonchev–Trinajstić information content (AvgIpc) is 2.61. The molecule has 30 heavy (non-hydrogen) atoms. The second-order valence-electron chi connectivity index (χ2n) is 5.42. The predicted molar refractivity (Wildman–Crippen MR) is 106 cm³/mol. The minimum Gasteiger partial charge on any atom is -0.368 e. The second-order valence-corrected chi connectivity index (χ2v) is 9.42. The average molecular weight is 484 g/mol. The number of anilines is 4. The maximum absolute atomic E-state index is 11.6. The first-order valence-electron chi connectivity index (χ1n) is 7.71. The Bertz CT molecular complexity index is 1100. The van der Waals surface area contributed by atoms with Crippen LogP contribution in [0.25, 0.3) is 0 Å². The summed E-state index contributed by atoms with van der Waals surface area (Å²) >= 11 is 0.551. The van der Waals surface area contributed by atoms with E-state index in [4.69, 9.17) is 11.0 Å². The summed E-state index contributed by atoms with van der Waals surface area (Å²) in [6.07, 6.45) is 1.01. The van der Waals surface area contributed by atoms with Gasteiger partial charge < -0.3 is 16.4 Å². The Kier molecular flexibility index (Phi) is 8.09. The molecular weight excluding hydrogens is 466 g/mol. The van der Waals surface area contributed by atoms with E-state index in [0.717, 1.165) is 12.3 Å². The zero-order valence-corrected chi connectivity index (χ0v) is 17.6. The molecule has 0 bridgehead atoms. The molecule has 15 nitrogen and oxygen atoms in total. The molecule has 1 aromatic heterocycles. The van der Waals surface area contributed by atoms with Gasteiger partial charge in [0.25, 0.3) is 10.1 Å². The summed E-state index contributed by atoms with van der Waals surface area (Å²) in [6, 6.07) is 3.60. The Morgan fingerprint density at radius 1 is 1.13 bits per heavy atom. The summed E-state index contributed by atoms with van der Waals surface area (Å²) in [5.74, 6) is -0.411. The monoisotopic (exact) mass is 483 g/mol. The van der Waals surface area contributed by atoms with Gasteiger partial charge in [-0.15, -0.1) is 4.33 Å². The smallest absolute Gasteiger partial charge is 0.296 e. The predicted octanol–water partition coefficient (Wildman–Crippen LogP) is -0.166. The van der Waals surface area contributed by atoms with Gasteiger partial charge in [0.05, 0.1) is 24.0 Å². The van der Waals surface area contributed by atoms with Crippen molar-refractivity contribution in [1.82, 2.24) is 19.7 Å². The lowest BCUT2D eigenvalue weighted by molar-refractivity contribution is -0.432. The van der Waals surface area contributed by atoms with E-state index in [0.29, 0.717) is 12.0 Å². The number of sulfonamides is 1. The minimum absolute atomic E-state index is 0.0174. The van der Waals surface area contributed by atoms with Gasteiger partial charge in [-0.1, -0.05) is 5.04 Å². The van der Waals surface area contributed by atoms with E-state index in [1.54, 1.807) is 0 Å². The lowest BCUT2D eigenvalue weighted by Gasteiger charge is -2.12. The molecule has 0 aliphatic rings. The fourth-order valence-electron chi connectivity index (χ4n) is 2.00. The molecule has 0 radical (unpaired) electrons. The summed E-state index contributed by atoms with van der Waals surface area (Å²) in [4.78, 5) is 11.4. The molecule has 2 aromatic rings. The maximum Gasteiger partial charge on any atom is 0.296 e. The molecule has 0 saturated carbocycles. The van der Waals surface area contributed by atoms with Crippen LogP contribution in [-0.2, 0) is 29.5 Å². The first kappa shape index (κ1) is 24.0. The van der Waals surface area contributed by atoms with Crippen LogP contribution in [0.5, 0.6) is 0 Å². The number of rotatable bonds is 11. The standard InChI is InChI=1S/C12H17N7O8S3/c1-29(21,22)15-5-4-14-11-17-10(13)18-12(19-11)16-8-6-7(28-27-26-20)2-3-9(8)30(23,24)25/h2-3,6,15,20H,4-5H2,1H3,(H,23,24,25)(H4,13,14,16,17,18,19). The molecule has 0 unspecified atom stereocenters. The molecule has 0 amide bonds. The number of nitrogens with one attached hydrogen (secondary N) is 3. The van der Waals surface area contributed by atoms with E-state index < -0.39 is 25.0 Å². The van der Waals surface area contributed by atoms with Gasteiger partial charge >= 0.3 is 0 Å². The highest BCUT2D eigenvalue weighted by Gasteiger charge is 2.18. The molecule has 0 aliphatic carbocycles. The van der Waals surface area contributed by atoms with Crippen molar-refractivity contribution in [1.29, 1.82) is 0 Å². The van der Waals surface area contributed by atoms with Crippen LogP contribution in [0.2, 0.25) is 0 Å². The van der Waals surface area contributed by atoms with Crippen molar-refractivity contribution >= 4 is 55.7 Å². The quantitative estimate of drug-likeness (QED) is 0.0801. The third-order valence-electron chi connectivity index (χ3n) is 3.06. The summed E-state index contributed by atoms with van der Waals surface area (Å²) in [5.41, 5.74) is 5.48. The van der Waals surface area contributed by atoms with Gasteiger partial charge in [-0.3, -0.25) is 4.55 Å². The molecule has 1 heterocycles. The third kappa shape index (κ3) is 7.84. The van der Waals surface area contributed by atoms with Crippen molar-refractivity contribution in [2.24, 2.45) is 0 Å². The highest BCUT2D eigenvalue weighted by Crippen LogP contribution is 2.30. The first-order chi connectivity index (χ1) is 14.0. The van der Waals surface area contributed by atoms with Gasteiger partial charge in [0.2, 0.25) is 27.9 Å². The molecule has 0 fully saturated rings. The van der Waals surface area contributed by atoms with Crippen molar-refractivity contribution in [3.05, 3.63) is 18.2 Å². The summed E-state index contributed by atoms with van der Waals surface area (Å²) < 4.78 is 61.3. The maximum atomic E-state index is 11.6. The molecule has 7 N–H and O–H groups in total. The van der Waals surface area contributed by atoms with E-state index in [-0.39, 0.29) is 41.5 Å². The van der Waals surface area contributed by atoms with Gasteiger partial charge in [-0.25, -0.2) is 18.4 Å². The number of aromatic nitrogens is 3. The fraction of sp³-hybridized carbons (Fsp3) is 0.250. The van der Waals surface area contributed by atoms with Crippen LogP contribution in [0, 0.1) is 0 Å². The largest absolute Gasteiger partial charge is 0.368 e. The van der Waals surface area contributed by atoms with Gasteiger partial charge in [0.1, 0.15) is 4.90 Å². The van der Waals surface area contributed by atoms with Gasteiger partial charge in [0, 0.05) is 18.0 Å². The number of nitrogen functional groups attached to an aromatic ring is 1. The van der Waals surface area contributed by atoms with E-state index in [2.05, 4.69) is 39.7 Å². The zero-order valence-electron chi connectivity index (χ0n) is 15.1. The van der Waals surface area contributed by atoms with Crippen LogP contribution in [0.4, 0.5) is 23.5 Å². The van der Waals surface area contributed by atoms with Crippen molar-refractivity contribution in [3.8, 4) is 0 Å². The van der Waals surface area contributed by atoms with Crippen LogP contribution in [0.3, 0.4) is 0 Å². The van der Waals surface area contributed by atoms with Crippen LogP contribution in [0.15, 0.2) is 28.0 Å². The summed E-state index contributed by atoms with van der Waals surface area (Å²) in [6.45, 7) is 0.170. The van der Waals surface area contributed by atoms with E-state index in [1.807, 2.05) is 0 Å². The Labute approximate surface area is 175 Å². The lowest BCUT2D eigenvalue weighted by Crippen LogP contribution is -2.28.